The van der Waals surface area contributed by atoms with E-state index in [1.807, 2.05) is 7.05 Å². The van der Waals surface area contributed by atoms with Crippen LogP contribution in [0.5, 0.6) is 5.75 Å². The standard InChI is InChI=1S/C22H32FN7O/c1-30(14-15-7-4-3-5-8-15)22-28-20(25-16-10-11-18(31-2)17(23)13-16)27-21(29-22)26-19-9-6-12-24-19/h10-11,13,15,19,24H,3-9,12,14H2,1-2H3,(H2,25,26,27,28,29). The lowest BCUT2D eigenvalue weighted by Crippen LogP contribution is -2.32. The van der Waals surface area contributed by atoms with E-state index >= 15 is 0 Å². The third-order valence-corrected chi connectivity index (χ3v) is 5.99. The van der Waals surface area contributed by atoms with Crippen LogP contribution in [-0.2, 0) is 0 Å². The van der Waals surface area contributed by atoms with Gasteiger partial charge in [0, 0.05) is 25.3 Å². The van der Waals surface area contributed by atoms with E-state index in [0.29, 0.717) is 29.5 Å². The number of hydrogen-bond donors (Lipinski definition) is 3. The molecule has 168 valence electrons. The quantitative estimate of drug-likeness (QED) is 0.582. The van der Waals surface area contributed by atoms with Crippen molar-refractivity contribution in [1.29, 1.82) is 0 Å². The predicted octanol–water partition coefficient (Wildman–Crippen LogP) is 3.90. The van der Waals surface area contributed by atoms with E-state index in [0.717, 1.165) is 25.9 Å². The number of rotatable bonds is 8. The number of nitrogens with zero attached hydrogens (tertiary/aromatic N) is 4. The van der Waals surface area contributed by atoms with Gasteiger partial charge >= 0.3 is 0 Å². The zero-order valence-electron chi connectivity index (χ0n) is 18.3. The first kappa shape index (κ1) is 21.5. The number of halogens is 1. The third kappa shape index (κ3) is 5.72. The molecule has 31 heavy (non-hydrogen) atoms. The van der Waals surface area contributed by atoms with E-state index < -0.39 is 5.82 Å². The molecule has 0 amide bonds. The molecule has 0 spiro atoms. The van der Waals surface area contributed by atoms with Crippen LogP contribution in [0.15, 0.2) is 18.2 Å². The molecular weight excluding hydrogens is 397 g/mol. The molecule has 1 aromatic heterocycles. The predicted molar refractivity (Wildman–Crippen MR) is 121 cm³/mol. The van der Waals surface area contributed by atoms with Crippen molar-refractivity contribution in [1.82, 2.24) is 20.3 Å². The molecule has 1 unspecified atom stereocenters. The Balaban J connectivity index is 1.55. The normalized spacial score (nSPS) is 19.3. The number of nitrogens with one attached hydrogen (secondary N) is 3. The van der Waals surface area contributed by atoms with Crippen molar-refractivity contribution in [3.8, 4) is 5.75 Å². The lowest BCUT2D eigenvalue weighted by atomic mass is 9.89. The number of hydrogen-bond acceptors (Lipinski definition) is 8. The van der Waals surface area contributed by atoms with E-state index in [1.165, 1.54) is 45.3 Å². The molecule has 1 aromatic carbocycles. The molecule has 1 saturated carbocycles. The molecule has 2 aliphatic rings. The summed E-state index contributed by atoms with van der Waals surface area (Å²) in [5, 5.41) is 9.88. The first-order valence-corrected chi connectivity index (χ1v) is 11.2. The Morgan fingerprint density at radius 1 is 1.10 bits per heavy atom. The van der Waals surface area contributed by atoms with Crippen molar-refractivity contribution < 1.29 is 9.13 Å². The summed E-state index contributed by atoms with van der Waals surface area (Å²) >= 11 is 0. The fourth-order valence-electron chi connectivity index (χ4n) is 4.33. The Morgan fingerprint density at radius 3 is 2.61 bits per heavy atom. The van der Waals surface area contributed by atoms with Crippen LogP contribution in [-0.4, -0.2) is 48.4 Å². The number of anilines is 4. The molecule has 8 nitrogen and oxygen atoms in total. The zero-order chi connectivity index (χ0) is 21.6. The molecule has 2 heterocycles. The second-order valence-corrected chi connectivity index (χ2v) is 8.43. The topological polar surface area (TPSA) is 87.2 Å². The number of aromatic nitrogens is 3. The minimum absolute atomic E-state index is 0.144. The van der Waals surface area contributed by atoms with Gasteiger partial charge in [-0.2, -0.15) is 15.0 Å². The van der Waals surface area contributed by atoms with Gasteiger partial charge in [-0.25, -0.2) is 4.39 Å². The fourth-order valence-corrected chi connectivity index (χ4v) is 4.33. The Morgan fingerprint density at radius 2 is 1.90 bits per heavy atom. The van der Waals surface area contributed by atoms with Gasteiger partial charge in [-0.3, -0.25) is 5.32 Å². The minimum Gasteiger partial charge on any atom is -0.494 e. The molecule has 3 N–H and O–H groups in total. The van der Waals surface area contributed by atoms with Crippen molar-refractivity contribution in [3.05, 3.63) is 24.0 Å². The van der Waals surface area contributed by atoms with Crippen molar-refractivity contribution in [3.63, 3.8) is 0 Å². The van der Waals surface area contributed by atoms with Crippen LogP contribution in [0.3, 0.4) is 0 Å². The van der Waals surface area contributed by atoms with Crippen LogP contribution in [0.25, 0.3) is 0 Å². The summed E-state index contributed by atoms with van der Waals surface area (Å²) in [6.07, 6.45) is 8.72. The van der Waals surface area contributed by atoms with Gasteiger partial charge in [-0.05, 0) is 50.3 Å². The maximum atomic E-state index is 14.1. The average Bonchev–Trinajstić information content (AvgIpc) is 3.27. The van der Waals surface area contributed by atoms with Crippen LogP contribution in [0, 0.1) is 11.7 Å². The molecule has 1 atom stereocenters. The van der Waals surface area contributed by atoms with Crippen molar-refractivity contribution in [2.45, 2.75) is 51.1 Å². The summed E-state index contributed by atoms with van der Waals surface area (Å²) in [5.41, 5.74) is 0.551. The number of ether oxygens (including phenoxy) is 1. The molecule has 2 aromatic rings. The molecule has 1 aliphatic carbocycles. The molecule has 0 radical (unpaired) electrons. The Labute approximate surface area is 183 Å². The minimum atomic E-state index is -0.440. The van der Waals surface area contributed by atoms with Gasteiger partial charge in [0.15, 0.2) is 11.6 Å². The average molecular weight is 430 g/mol. The van der Waals surface area contributed by atoms with E-state index in [4.69, 9.17) is 4.74 Å². The van der Waals surface area contributed by atoms with Crippen LogP contribution >= 0.6 is 0 Å². The molecule has 2 fully saturated rings. The highest BCUT2D eigenvalue weighted by atomic mass is 19.1. The lowest BCUT2D eigenvalue weighted by Gasteiger charge is -2.27. The first-order valence-electron chi connectivity index (χ1n) is 11.2. The fraction of sp³-hybridized carbons (Fsp3) is 0.591. The maximum Gasteiger partial charge on any atom is 0.233 e. The Bertz CT molecular complexity index is 869. The van der Waals surface area contributed by atoms with Gasteiger partial charge in [0.05, 0.1) is 13.3 Å². The number of benzene rings is 1. The van der Waals surface area contributed by atoms with E-state index in [-0.39, 0.29) is 11.9 Å². The summed E-state index contributed by atoms with van der Waals surface area (Å²) in [4.78, 5) is 15.9. The lowest BCUT2D eigenvalue weighted by molar-refractivity contribution is 0.361. The van der Waals surface area contributed by atoms with Crippen LogP contribution in [0.4, 0.5) is 27.9 Å². The number of methoxy groups -OCH3 is 1. The van der Waals surface area contributed by atoms with Crippen molar-refractivity contribution in [2.24, 2.45) is 5.92 Å². The summed E-state index contributed by atoms with van der Waals surface area (Å²) in [5.74, 6) is 1.92. The van der Waals surface area contributed by atoms with E-state index in [2.05, 4.69) is 35.8 Å². The van der Waals surface area contributed by atoms with Gasteiger partial charge in [0.25, 0.3) is 0 Å². The smallest absolute Gasteiger partial charge is 0.233 e. The highest BCUT2D eigenvalue weighted by Gasteiger charge is 2.20. The molecule has 1 saturated heterocycles. The highest BCUT2D eigenvalue weighted by Crippen LogP contribution is 2.27. The van der Waals surface area contributed by atoms with Gasteiger partial charge in [0.1, 0.15) is 0 Å². The van der Waals surface area contributed by atoms with Gasteiger partial charge < -0.3 is 20.3 Å². The summed E-state index contributed by atoms with van der Waals surface area (Å²) in [7, 11) is 3.47. The monoisotopic (exact) mass is 429 g/mol. The zero-order valence-corrected chi connectivity index (χ0v) is 18.3. The van der Waals surface area contributed by atoms with Crippen molar-refractivity contribution >= 4 is 23.5 Å². The van der Waals surface area contributed by atoms with Crippen LogP contribution in [0.2, 0.25) is 0 Å². The van der Waals surface area contributed by atoms with Crippen LogP contribution < -0.4 is 25.6 Å². The van der Waals surface area contributed by atoms with E-state index in [9.17, 15) is 4.39 Å². The molecule has 9 heteroatoms. The van der Waals surface area contributed by atoms with Crippen molar-refractivity contribution in [2.75, 3.05) is 42.8 Å². The molecule has 1 aliphatic heterocycles. The Kier molecular flexibility index (Phi) is 7.01. The first-order chi connectivity index (χ1) is 15.1. The van der Waals surface area contributed by atoms with Gasteiger partial charge in [0.2, 0.25) is 17.8 Å². The second-order valence-electron chi connectivity index (χ2n) is 8.43. The summed E-state index contributed by atoms with van der Waals surface area (Å²) in [6, 6.07) is 4.69. The molecule has 0 bridgehead atoms. The Hall–Kier alpha value is -2.68. The van der Waals surface area contributed by atoms with Gasteiger partial charge in [-0.1, -0.05) is 19.3 Å². The van der Waals surface area contributed by atoms with Gasteiger partial charge in [-0.15, -0.1) is 0 Å². The summed E-state index contributed by atoms with van der Waals surface area (Å²) < 4.78 is 19.1. The SMILES string of the molecule is COc1ccc(Nc2nc(NC3CCCN3)nc(N(C)CC3CCCCC3)n2)cc1F. The molecular formula is C22H32FN7O. The highest BCUT2D eigenvalue weighted by molar-refractivity contribution is 5.57. The third-order valence-electron chi connectivity index (χ3n) is 5.99. The van der Waals surface area contributed by atoms with E-state index in [1.54, 1.807) is 12.1 Å². The maximum absolute atomic E-state index is 14.1. The van der Waals surface area contributed by atoms with Crippen LogP contribution in [0.1, 0.15) is 44.9 Å². The largest absolute Gasteiger partial charge is 0.494 e. The molecule has 4 rings (SSSR count). The summed E-state index contributed by atoms with van der Waals surface area (Å²) in [6.45, 7) is 1.90. The second kappa shape index (κ2) is 10.1.